The van der Waals surface area contributed by atoms with Gasteiger partial charge in [-0.05, 0) is 30.4 Å². The molecular weight excluding hydrogens is 324 g/mol. The quantitative estimate of drug-likeness (QED) is 0.871. The molecule has 0 aliphatic carbocycles. The molecule has 1 N–H and O–H groups in total. The van der Waals surface area contributed by atoms with Crippen LogP contribution in [0.1, 0.15) is 30.4 Å². The van der Waals surface area contributed by atoms with Gasteiger partial charge in [0.25, 0.3) is 0 Å². The number of carbonyl (C=O) groups is 2. The Morgan fingerprint density at radius 1 is 0.885 bits per heavy atom. The lowest BCUT2D eigenvalue weighted by Crippen LogP contribution is -2.46. The maximum absolute atomic E-state index is 12.4. The molecule has 1 fully saturated rings. The molecule has 4 nitrogen and oxygen atoms in total. The van der Waals surface area contributed by atoms with E-state index in [1.165, 1.54) is 5.56 Å². The number of hydrogen-bond acceptors (Lipinski definition) is 2. The maximum Gasteiger partial charge on any atom is 0.224 e. The predicted octanol–water partition coefficient (Wildman–Crippen LogP) is 2.97. The first-order valence-electron chi connectivity index (χ1n) is 9.36. The third-order valence-electron chi connectivity index (χ3n) is 4.89. The largest absolute Gasteiger partial charge is 0.353 e. The van der Waals surface area contributed by atoms with Gasteiger partial charge in [0.05, 0.1) is 6.42 Å². The van der Waals surface area contributed by atoms with E-state index in [9.17, 15) is 9.59 Å². The fourth-order valence-electron chi connectivity index (χ4n) is 3.39. The fourth-order valence-corrected chi connectivity index (χ4v) is 3.39. The number of rotatable bonds is 6. The topological polar surface area (TPSA) is 49.4 Å². The van der Waals surface area contributed by atoms with E-state index in [1.807, 2.05) is 53.4 Å². The smallest absolute Gasteiger partial charge is 0.224 e. The second kappa shape index (κ2) is 9.18. The second-order valence-electron chi connectivity index (χ2n) is 6.87. The lowest BCUT2D eigenvalue weighted by molar-refractivity contribution is -0.132. The number of nitrogens with one attached hydrogen (secondary N) is 1. The lowest BCUT2D eigenvalue weighted by Gasteiger charge is -2.32. The molecule has 0 aromatic heterocycles. The van der Waals surface area contributed by atoms with Gasteiger partial charge in [0.15, 0.2) is 0 Å². The molecule has 0 atom stereocenters. The van der Waals surface area contributed by atoms with E-state index in [0.717, 1.165) is 37.9 Å². The summed E-state index contributed by atoms with van der Waals surface area (Å²) in [5.74, 6) is 0.271. The third-order valence-corrected chi connectivity index (χ3v) is 4.89. The van der Waals surface area contributed by atoms with Crippen molar-refractivity contribution in [2.45, 2.75) is 38.1 Å². The molecule has 136 valence electrons. The van der Waals surface area contributed by atoms with E-state index in [4.69, 9.17) is 0 Å². The predicted molar refractivity (Wildman–Crippen MR) is 103 cm³/mol. The zero-order valence-electron chi connectivity index (χ0n) is 15.1. The summed E-state index contributed by atoms with van der Waals surface area (Å²) >= 11 is 0. The molecule has 0 saturated carbocycles. The number of benzene rings is 2. The van der Waals surface area contributed by atoms with Gasteiger partial charge < -0.3 is 10.2 Å². The van der Waals surface area contributed by atoms with Crippen LogP contribution in [0.2, 0.25) is 0 Å². The normalized spacial score (nSPS) is 14.8. The Morgan fingerprint density at radius 2 is 1.46 bits per heavy atom. The zero-order chi connectivity index (χ0) is 18.2. The molecule has 26 heavy (non-hydrogen) atoms. The maximum atomic E-state index is 12.4. The highest BCUT2D eigenvalue weighted by atomic mass is 16.2. The van der Waals surface area contributed by atoms with Gasteiger partial charge >= 0.3 is 0 Å². The number of piperidine rings is 1. The summed E-state index contributed by atoms with van der Waals surface area (Å²) in [5, 5.41) is 3.11. The number of carbonyl (C=O) groups excluding carboxylic acids is 2. The van der Waals surface area contributed by atoms with Gasteiger partial charge in [-0.1, -0.05) is 60.7 Å². The monoisotopic (exact) mass is 350 g/mol. The molecule has 2 aromatic carbocycles. The molecule has 0 radical (unpaired) electrons. The molecule has 2 aromatic rings. The SMILES string of the molecule is O=C(Cc1ccccc1)NC1CCN(C(=O)CCc2ccccc2)CC1. The first-order valence-corrected chi connectivity index (χ1v) is 9.36. The number of hydrogen-bond donors (Lipinski definition) is 1. The number of likely N-dealkylation sites (tertiary alicyclic amines) is 1. The summed E-state index contributed by atoms with van der Waals surface area (Å²) < 4.78 is 0. The van der Waals surface area contributed by atoms with Crippen molar-refractivity contribution < 1.29 is 9.59 Å². The molecule has 0 spiro atoms. The molecule has 1 heterocycles. The van der Waals surface area contributed by atoms with Gasteiger partial charge in [-0.3, -0.25) is 9.59 Å². The van der Waals surface area contributed by atoms with Gasteiger partial charge in [-0.2, -0.15) is 0 Å². The van der Waals surface area contributed by atoms with Crippen LogP contribution in [0.5, 0.6) is 0 Å². The average Bonchev–Trinajstić information content (AvgIpc) is 2.68. The Balaban J connectivity index is 1.38. The minimum Gasteiger partial charge on any atom is -0.353 e. The summed E-state index contributed by atoms with van der Waals surface area (Å²) in [5.41, 5.74) is 2.22. The van der Waals surface area contributed by atoms with Gasteiger partial charge in [-0.25, -0.2) is 0 Å². The Kier molecular flexibility index (Phi) is 6.42. The van der Waals surface area contributed by atoms with Crippen molar-refractivity contribution in [2.24, 2.45) is 0 Å². The minimum atomic E-state index is 0.0602. The van der Waals surface area contributed by atoms with Crippen molar-refractivity contribution >= 4 is 11.8 Å². The van der Waals surface area contributed by atoms with Gasteiger partial charge in [-0.15, -0.1) is 0 Å². The first kappa shape index (κ1) is 18.2. The van der Waals surface area contributed by atoms with Crippen LogP contribution in [0.3, 0.4) is 0 Å². The summed E-state index contributed by atoms with van der Waals surface area (Å²) in [4.78, 5) is 26.5. The Bertz CT molecular complexity index is 707. The minimum absolute atomic E-state index is 0.0602. The molecule has 1 saturated heterocycles. The Morgan fingerprint density at radius 3 is 2.08 bits per heavy atom. The lowest BCUT2D eigenvalue weighted by atomic mass is 10.0. The van der Waals surface area contributed by atoms with E-state index < -0.39 is 0 Å². The van der Waals surface area contributed by atoms with Gasteiger partial charge in [0.2, 0.25) is 11.8 Å². The van der Waals surface area contributed by atoms with Crippen molar-refractivity contribution in [3.8, 4) is 0 Å². The van der Waals surface area contributed by atoms with Gasteiger partial charge in [0.1, 0.15) is 0 Å². The molecule has 1 aliphatic rings. The Hall–Kier alpha value is -2.62. The highest BCUT2D eigenvalue weighted by molar-refractivity contribution is 5.79. The van der Waals surface area contributed by atoms with Crippen LogP contribution in [0, 0.1) is 0 Å². The van der Waals surface area contributed by atoms with Crippen molar-refractivity contribution in [1.29, 1.82) is 0 Å². The van der Waals surface area contributed by atoms with Crippen molar-refractivity contribution in [1.82, 2.24) is 10.2 Å². The Labute approximate surface area is 155 Å². The van der Waals surface area contributed by atoms with Crippen LogP contribution in [0.4, 0.5) is 0 Å². The average molecular weight is 350 g/mol. The molecule has 1 aliphatic heterocycles. The van der Waals surface area contributed by atoms with E-state index in [1.54, 1.807) is 0 Å². The van der Waals surface area contributed by atoms with Crippen LogP contribution in [0.25, 0.3) is 0 Å². The standard InChI is InChI=1S/C22H26N2O2/c25-21(17-19-9-5-2-6-10-19)23-20-13-15-24(16-14-20)22(26)12-11-18-7-3-1-4-8-18/h1-10,20H,11-17H2,(H,23,25). The van der Waals surface area contributed by atoms with Crippen LogP contribution >= 0.6 is 0 Å². The molecular formula is C22H26N2O2. The summed E-state index contributed by atoms with van der Waals surface area (Å²) in [6.07, 6.45) is 3.41. The molecule has 0 bridgehead atoms. The van der Waals surface area contributed by atoms with Crippen LogP contribution in [0.15, 0.2) is 60.7 Å². The molecule has 4 heteroatoms. The van der Waals surface area contributed by atoms with Crippen LogP contribution in [-0.4, -0.2) is 35.8 Å². The van der Waals surface area contributed by atoms with Crippen LogP contribution < -0.4 is 5.32 Å². The van der Waals surface area contributed by atoms with Crippen molar-refractivity contribution in [2.75, 3.05) is 13.1 Å². The van der Waals surface area contributed by atoms with E-state index in [2.05, 4.69) is 17.4 Å². The summed E-state index contributed by atoms with van der Waals surface area (Å²) in [6.45, 7) is 1.45. The third kappa shape index (κ3) is 5.45. The zero-order valence-corrected chi connectivity index (χ0v) is 15.1. The van der Waals surface area contributed by atoms with Crippen molar-refractivity contribution in [3.63, 3.8) is 0 Å². The molecule has 3 rings (SSSR count). The second-order valence-corrected chi connectivity index (χ2v) is 6.87. The van der Waals surface area contributed by atoms with E-state index in [0.29, 0.717) is 12.8 Å². The number of amides is 2. The summed E-state index contributed by atoms with van der Waals surface area (Å²) in [6, 6.07) is 20.1. The van der Waals surface area contributed by atoms with E-state index >= 15 is 0 Å². The number of aryl methyl sites for hydroxylation is 1. The summed E-state index contributed by atoms with van der Waals surface area (Å²) in [7, 11) is 0. The highest BCUT2D eigenvalue weighted by Crippen LogP contribution is 2.13. The van der Waals surface area contributed by atoms with Crippen LogP contribution in [-0.2, 0) is 22.4 Å². The van der Waals surface area contributed by atoms with Gasteiger partial charge in [0, 0.05) is 25.6 Å². The van der Waals surface area contributed by atoms with E-state index in [-0.39, 0.29) is 17.9 Å². The first-order chi connectivity index (χ1) is 12.7. The molecule has 0 unspecified atom stereocenters. The van der Waals surface area contributed by atoms with Crippen molar-refractivity contribution in [3.05, 3.63) is 71.8 Å². The number of nitrogens with zero attached hydrogens (tertiary/aromatic N) is 1. The fraction of sp³-hybridized carbons (Fsp3) is 0.364. The molecule has 2 amide bonds. The highest BCUT2D eigenvalue weighted by Gasteiger charge is 2.23.